The van der Waals surface area contributed by atoms with Crippen molar-refractivity contribution in [3.05, 3.63) is 65.2 Å². The van der Waals surface area contributed by atoms with Crippen LogP contribution in [0.25, 0.3) is 6.08 Å². The molecule has 2 heterocycles. The number of anilines is 1. The van der Waals surface area contributed by atoms with Crippen LogP contribution < -0.4 is 9.64 Å². The summed E-state index contributed by atoms with van der Waals surface area (Å²) in [5.74, 6) is 0.347. The topological polar surface area (TPSA) is 103 Å². The van der Waals surface area contributed by atoms with Crippen LogP contribution in [-0.4, -0.2) is 59.5 Å². The minimum Gasteiger partial charge on any atom is -0.490 e. The molecular formula is C29H33N3O5. The molecular weight excluding hydrogens is 470 g/mol. The van der Waals surface area contributed by atoms with Crippen molar-refractivity contribution in [1.82, 2.24) is 4.90 Å². The summed E-state index contributed by atoms with van der Waals surface area (Å²) in [5, 5.41) is 18.7. The molecule has 0 aromatic heterocycles. The highest BCUT2D eigenvalue weighted by atomic mass is 16.6. The number of amides is 2. The number of benzene rings is 2. The summed E-state index contributed by atoms with van der Waals surface area (Å²) in [5.41, 5.74) is 2.64. The number of fused-ring (bicyclic) bond motifs is 1. The van der Waals surface area contributed by atoms with Gasteiger partial charge in [0.1, 0.15) is 24.1 Å². The molecule has 1 unspecified atom stereocenters. The lowest BCUT2D eigenvalue weighted by atomic mass is 10.1. The van der Waals surface area contributed by atoms with Crippen LogP contribution in [0.1, 0.15) is 50.3 Å². The van der Waals surface area contributed by atoms with Gasteiger partial charge in [-0.25, -0.2) is 4.79 Å². The zero-order chi connectivity index (χ0) is 26.6. The van der Waals surface area contributed by atoms with Crippen molar-refractivity contribution in [2.75, 3.05) is 24.6 Å². The lowest BCUT2D eigenvalue weighted by Crippen LogP contribution is -2.44. The summed E-state index contributed by atoms with van der Waals surface area (Å²) in [4.78, 5) is 28.2. The van der Waals surface area contributed by atoms with Crippen molar-refractivity contribution in [1.29, 1.82) is 5.26 Å². The monoisotopic (exact) mass is 503 g/mol. The highest BCUT2D eigenvalue weighted by Crippen LogP contribution is 2.36. The van der Waals surface area contributed by atoms with Crippen LogP contribution >= 0.6 is 0 Å². The molecule has 0 aliphatic carbocycles. The molecule has 8 heteroatoms. The van der Waals surface area contributed by atoms with E-state index in [2.05, 4.69) is 6.07 Å². The second-order valence-electron chi connectivity index (χ2n) is 10.4. The summed E-state index contributed by atoms with van der Waals surface area (Å²) in [6.07, 6.45) is 5.51. The molecule has 2 aromatic rings. The van der Waals surface area contributed by atoms with Crippen LogP contribution in [0.5, 0.6) is 5.75 Å². The largest absolute Gasteiger partial charge is 0.490 e. The quantitative estimate of drug-likeness (QED) is 0.653. The molecule has 0 radical (unpaired) electrons. The highest BCUT2D eigenvalue weighted by molar-refractivity contribution is 5.97. The first-order valence-corrected chi connectivity index (χ1v) is 12.6. The maximum atomic E-state index is 12.6. The Labute approximate surface area is 217 Å². The summed E-state index contributed by atoms with van der Waals surface area (Å²) in [6.45, 7) is 6.14. The number of likely N-dealkylation sites (tertiary alicyclic amines) is 1. The average molecular weight is 504 g/mol. The number of carbonyl (C=O) groups is 2. The third kappa shape index (κ3) is 6.49. The number of aliphatic hydroxyl groups is 1. The first-order chi connectivity index (χ1) is 17.7. The number of ether oxygens (including phenoxy) is 2. The van der Waals surface area contributed by atoms with E-state index in [1.807, 2.05) is 63.3 Å². The number of nitriles is 1. The van der Waals surface area contributed by atoms with Gasteiger partial charge < -0.3 is 24.4 Å². The SMILES string of the molecule is CC(C)(C)OC(=O)N1CCC(Oc2ccc3c(c2)CC(/C=C/c2cccc(C#N)c2)N3C(=O)CO)CC1. The average Bonchev–Trinajstić information content (AvgIpc) is 3.24. The van der Waals surface area contributed by atoms with Crippen molar-refractivity contribution < 1.29 is 24.2 Å². The van der Waals surface area contributed by atoms with Crippen molar-refractivity contribution in [2.45, 2.75) is 57.8 Å². The molecule has 194 valence electrons. The van der Waals surface area contributed by atoms with E-state index < -0.39 is 12.2 Å². The maximum absolute atomic E-state index is 12.6. The van der Waals surface area contributed by atoms with E-state index in [-0.39, 0.29) is 24.1 Å². The molecule has 2 aliphatic heterocycles. The third-order valence-corrected chi connectivity index (χ3v) is 6.40. The normalized spacial score (nSPS) is 18.0. The summed E-state index contributed by atoms with van der Waals surface area (Å²) >= 11 is 0. The van der Waals surface area contributed by atoms with Gasteiger partial charge in [-0.15, -0.1) is 0 Å². The number of piperidine rings is 1. The van der Waals surface area contributed by atoms with Crippen LogP contribution in [0.3, 0.4) is 0 Å². The van der Waals surface area contributed by atoms with Gasteiger partial charge in [0.15, 0.2) is 0 Å². The molecule has 2 aliphatic rings. The van der Waals surface area contributed by atoms with Gasteiger partial charge in [-0.2, -0.15) is 5.26 Å². The zero-order valence-corrected chi connectivity index (χ0v) is 21.5. The lowest BCUT2D eigenvalue weighted by Gasteiger charge is -2.33. The number of nitrogens with zero attached hydrogens (tertiary/aromatic N) is 3. The molecule has 0 spiro atoms. The van der Waals surface area contributed by atoms with Crippen LogP contribution in [0, 0.1) is 11.3 Å². The Balaban J connectivity index is 1.42. The molecule has 37 heavy (non-hydrogen) atoms. The van der Waals surface area contributed by atoms with Crippen LogP contribution in [0.15, 0.2) is 48.5 Å². The van der Waals surface area contributed by atoms with Crippen molar-refractivity contribution >= 4 is 23.8 Å². The van der Waals surface area contributed by atoms with Gasteiger partial charge in [-0.1, -0.05) is 24.3 Å². The molecule has 1 atom stereocenters. The Hall–Kier alpha value is -3.83. The predicted octanol–water partition coefficient (Wildman–Crippen LogP) is 4.30. The molecule has 8 nitrogen and oxygen atoms in total. The summed E-state index contributed by atoms with van der Waals surface area (Å²) in [7, 11) is 0. The summed E-state index contributed by atoms with van der Waals surface area (Å²) < 4.78 is 11.7. The van der Waals surface area contributed by atoms with Crippen LogP contribution in [0.4, 0.5) is 10.5 Å². The molecule has 2 amide bonds. The smallest absolute Gasteiger partial charge is 0.410 e. The van der Waals surface area contributed by atoms with E-state index in [9.17, 15) is 14.7 Å². The number of carbonyl (C=O) groups excluding carboxylic acids is 2. The van der Waals surface area contributed by atoms with E-state index in [4.69, 9.17) is 14.7 Å². The van der Waals surface area contributed by atoms with Gasteiger partial charge in [0.05, 0.1) is 17.7 Å². The predicted molar refractivity (Wildman–Crippen MR) is 140 cm³/mol. The lowest BCUT2D eigenvalue weighted by molar-refractivity contribution is -0.121. The Kier molecular flexibility index (Phi) is 7.84. The zero-order valence-electron chi connectivity index (χ0n) is 21.5. The fraction of sp³-hybridized carbons (Fsp3) is 0.414. The third-order valence-electron chi connectivity index (χ3n) is 6.40. The second-order valence-corrected chi connectivity index (χ2v) is 10.4. The number of rotatable bonds is 5. The number of hydrogen-bond acceptors (Lipinski definition) is 6. The van der Waals surface area contributed by atoms with Crippen LogP contribution in [0.2, 0.25) is 0 Å². The molecule has 1 fully saturated rings. The van der Waals surface area contributed by atoms with Gasteiger partial charge in [0.25, 0.3) is 5.91 Å². The van der Waals surface area contributed by atoms with Crippen molar-refractivity contribution in [3.63, 3.8) is 0 Å². The minimum atomic E-state index is -0.581. The van der Waals surface area contributed by atoms with Gasteiger partial charge in [-0.05, 0) is 68.7 Å². The Morgan fingerprint density at radius 1 is 1.16 bits per heavy atom. The van der Waals surface area contributed by atoms with Gasteiger partial charge in [0, 0.05) is 31.6 Å². The van der Waals surface area contributed by atoms with E-state index in [0.717, 1.165) is 22.6 Å². The fourth-order valence-electron chi connectivity index (χ4n) is 4.69. The van der Waals surface area contributed by atoms with Crippen molar-refractivity contribution in [2.24, 2.45) is 0 Å². The fourth-order valence-corrected chi connectivity index (χ4v) is 4.69. The molecule has 1 N–H and O–H groups in total. The highest BCUT2D eigenvalue weighted by Gasteiger charge is 2.33. The Morgan fingerprint density at radius 2 is 1.92 bits per heavy atom. The second kappa shape index (κ2) is 11.1. The Morgan fingerprint density at radius 3 is 2.59 bits per heavy atom. The Bertz CT molecular complexity index is 1220. The first kappa shape index (κ1) is 26.2. The van der Waals surface area contributed by atoms with Gasteiger partial charge in [-0.3, -0.25) is 4.79 Å². The molecule has 1 saturated heterocycles. The molecule has 2 aromatic carbocycles. The maximum Gasteiger partial charge on any atom is 0.410 e. The minimum absolute atomic E-state index is 0.0172. The van der Waals surface area contributed by atoms with E-state index >= 15 is 0 Å². The standard InChI is InChI=1S/C29H33N3O5/c1-29(2,3)37-28(35)31-13-11-24(12-14-31)36-25-9-10-26-22(17-25)16-23(32(26)27(34)19-33)8-7-20-5-4-6-21(15-20)18-30/h4-10,15,17,23-24,33H,11-14,16,19H2,1-3H3/b8-7+. The van der Waals surface area contributed by atoms with Crippen molar-refractivity contribution in [3.8, 4) is 11.8 Å². The first-order valence-electron chi connectivity index (χ1n) is 12.6. The van der Waals surface area contributed by atoms with Gasteiger partial charge >= 0.3 is 6.09 Å². The van der Waals surface area contributed by atoms with E-state index in [1.54, 1.807) is 21.9 Å². The van der Waals surface area contributed by atoms with Crippen LogP contribution in [-0.2, 0) is 16.0 Å². The number of aliphatic hydroxyl groups excluding tert-OH is 1. The van der Waals surface area contributed by atoms with E-state index in [1.165, 1.54) is 0 Å². The molecule has 0 saturated carbocycles. The molecule has 4 rings (SSSR count). The summed E-state index contributed by atoms with van der Waals surface area (Å²) in [6, 6.07) is 14.8. The molecule has 0 bridgehead atoms. The number of hydrogen-bond donors (Lipinski definition) is 1. The van der Waals surface area contributed by atoms with E-state index in [0.29, 0.717) is 37.9 Å². The van der Waals surface area contributed by atoms with Gasteiger partial charge in [0.2, 0.25) is 0 Å².